The monoisotopic (exact) mass is 267 g/mol. The van der Waals surface area contributed by atoms with E-state index in [0.717, 1.165) is 30.2 Å². The van der Waals surface area contributed by atoms with E-state index in [4.69, 9.17) is 0 Å². The standard InChI is InChI=1S/C14H25N3S/c1-17-8-5-11(6-9-17)4-7-15-14-16-10-13(18-14)12-2-3-12/h11-13H,2-10H2,1H3,(H,15,16). The first-order chi connectivity index (χ1) is 8.81. The zero-order valence-electron chi connectivity index (χ0n) is 11.4. The number of thioether (sulfide) groups is 1. The number of amidine groups is 1. The van der Waals surface area contributed by atoms with E-state index in [2.05, 4.69) is 22.3 Å². The van der Waals surface area contributed by atoms with E-state index in [-0.39, 0.29) is 0 Å². The lowest BCUT2D eigenvalue weighted by atomic mass is 9.94. The van der Waals surface area contributed by atoms with Gasteiger partial charge in [0.1, 0.15) is 0 Å². The van der Waals surface area contributed by atoms with Crippen LogP contribution in [-0.4, -0.2) is 48.5 Å². The van der Waals surface area contributed by atoms with Gasteiger partial charge >= 0.3 is 0 Å². The first-order valence-electron chi connectivity index (χ1n) is 7.45. The van der Waals surface area contributed by atoms with Gasteiger partial charge in [-0.2, -0.15) is 0 Å². The third-order valence-corrected chi connectivity index (χ3v) is 5.83. The Labute approximate surface area is 115 Å². The van der Waals surface area contributed by atoms with Gasteiger partial charge in [0, 0.05) is 11.8 Å². The Kier molecular flexibility index (Phi) is 4.14. The summed E-state index contributed by atoms with van der Waals surface area (Å²) in [6, 6.07) is 0. The van der Waals surface area contributed by atoms with Gasteiger partial charge in [-0.25, -0.2) is 0 Å². The van der Waals surface area contributed by atoms with Crippen LogP contribution in [0.15, 0.2) is 4.99 Å². The van der Waals surface area contributed by atoms with Crippen molar-refractivity contribution in [2.45, 2.75) is 37.4 Å². The molecule has 2 fully saturated rings. The van der Waals surface area contributed by atoms with Crippen molar-refractivity contribution in [1.29, 1.82) is 0 Å². The quantitative estimate of drug-likeness (QED) is 0.846. The smallest absolute Gasteiger partial charge is 0.156 e. The highest BCUT2D eigenvalue weighted by Crippen LogP contribution is 2.41. The van der Waals surface area contributed by atoms with E-state index in [9.17, 15) is 0 Å². The van der Waals surface area contributed by atoms with Crippen molar-refractivity contribution in [3.05, 3.63) is 0 Å². The number of aliphatic imine (C=N–C) groups is 1. The van der Waals surface area contributed by atoms with E-state index in [1.807, 2.05) is 11.8 Å². The van der Waals surface area contributed by atoms with Crippen LogP contribution in [0.25, 0.3) is 0 Å². The second-order valence-corrected chi connectivity index (χ2v) is 7.33. The highest BCUT2D eigenvalue weighted by atomic mass is 32.2. The lowest BCUT2D eigenvalue weighted by Crippen LogP contribution is -2.32. The molecule has 0 amide bonds. The molecule has 1 saturated carbocycles. The van der Waals surface area contributed by atoms with Gasteiger partial charge in [-0.3, -0.25) is 4.99 Å². The van der Waals surface area contributed by atoms with Gasteiger partial charge in [-0.1, -0.05) is 11.8 Å². The predicted molar refractivity (Wildman–Crippen MR) is 79.2 cm³/mol. The molecule has 0 aromatic rings. The molecule has 0 bridgehead atoms. The van der Waals surface area contributed by atoms with Crippen LogP contribution in [-0.2, 0) is 0 Å². The maximum Gasteiger partial charge on any atom is 0.156 e. The fourth-order valence-corrected chi connectivity index (χ4v) is 4.17. The van der Waals surface area contributed by atoms with Gasteiger partial charge in [0.05, 0.1) is 6.54 Å². The van der Waals surface area contributed by atoms with Crippen LogP contribution in [0.2, 0.25) is 0 Å². The minimum Gasteiger partial charge on any atom is -0.365 e. The van der Waals surface area contributed by atoms with Crippen molar-refractivity contribution < 1.29 is 0 Å². The Morgan fingerprint density at radius 1 is 1.28 bits per heavy atom. The summed E-state index contributed by atoms with van der Waals surface area (Å²) in [5.41, 5.74) is 0. The number of nitrogens with one attached hydrogen (secondary N) is 1. The van der Waals surface area contributed by atoms with Crippen LogP contribution in [0.4, 0.5) is 0 Å². The molecule has 1 unspecified atom stereocenters. The SMILES string of the molecule is CN1CCC(CCNC2=NCC(C3CC3)S2)CC1. The first-order valence-corrected chi connectivity index (χ1v) is 8.33. The van der Waals surface area contributed by atoms with Crippen LogP contribution in [0.5, 0.6) is 0 Å². The second-order valence-electron chi connectivity index (χ2n) is 6.10. The molecule has 3 aliphatic rings. The molecule has 0 aromatic heterocycles. The van der Waals surface area contributed by atoms with Crippen LogP contribution < -0.4 is 5.32 Å². The minimum absolute atomic E-state index is 0.802. The fourth-order valence-electron chi connectivity index (χ4n) is 2.94. The summed E-state index contributed by atoms with van der Waals surface area (Å²) in [7, 11) is 2.23. The number of piperidine rings is 1. The molecule has 1 saturated heterocycles. The molecule has 3 rings (SSSR count). The molecule has 1 N–H and O–H groups in total. The molecule has 3 nitrogen and oxygen atoms in total. The highest BCUT2D eigenvalue weighted by Gasteiger charge is 2.35. The maximum atomic E-state index is 4.63. The number of rotatable bonds is 4. The number of likely N-dealkylation sites (tertiary alicyclic amines) is 1. The Morgan fingerprint density at radius 2 is 2.06 bits per heavy atom. The van der Waals surface area contributed by atoms with Crippen LogP contribution in [0.1, 0.15) is 32.1 Å². The van der Waals surface area contributed by atoms with Crippen molar-refractivity contribution in [2.24, 2.45) is 16.8 Å². The molecular weight excluding hydrogens is 242 g/mol. The normalized spacial score (nSPS) is 30.5. The van der Waals surface area contributed by atoms with Gasteiger partial charge < -0.3 is 10.2 Å². The summed E-state index contributed by atoms with van der Waals surface area (Å²) >= 11 is 2.00. The van der Waals surface area contributed by atoms with Crippen molar-refractivity contribution in [3.8, 4) is 0 Å². The third kappa shape index (κ3) is 3.41. The Morgan fingerprint density at radius 3 is 2.78 bits per heavy atom. The molecule has 0 spiro atoms. The molecule has 0 aromatic carbocycles. The van der Waals surface area contributed by atoms with E-state index >= 15 is 0 Å². The van der Waals surface area contributed by atoms with Gasteiger partial charge in [0.15, 0.2) is 5.17 Å². The largest absolute Gasteiger partial charge is 0.365 e. The fraction of sp³-hybridized carbons (Fsp3) is 0.929. The Hall–Kier alpha value is -0.220. The van der Waals surface area contributed by atoms with Crippen molar-refractivity contribution in [3.63, 3.8) is 0 Å². The van der Waals surface area contributed by atoms with Gasteiger partial charge in [0.2, 0.25) is 0 Å². The predicted octanol–water partition coefficient (Wildman–Crippen LogP) is 2.19. The maximum absolute atomic E-state index is 4.63. The van der Waals surface area contributed by atoms with Crippen molar-refractivity contribution in [2.75, 3.05) is 33.2 Å². The summed E-state index contributed by atoms with van der Waals surface area (Å²) < 4.78 is 0. The molecule has 0 radical (unpaired) electrons. The van der Waals surface area contributed by atoms with Crippen molar-refractivity contribution in [1.82, 2.24) is 10.2 Å². The van der Waals surface area contributed by atoms with E-state index in [0.29, 0.717) is 0 Å². The number of hydrogen-bond donors (Lipinski definition) is 1. The molecular formula is C14H25N3S. The molecule has 1 aliphatic carbocycles. The minimum atomic E-state index is 0.802. The van der Waals surface area contributed by atoms with E-state index < -0.39 is 0 Å². The molecule has 1 atom stereocenters. The van der Waals surface area contributed by atoms with E-state index in [1.165, 1.54) is 50.4 Å². The first kappa shape index (κ1) is 12.8. The topological polar surface area (TPSA) is 27.6 Å². The number of nitrogens with zero attached hydrogens (tertiary/aromatic N) is 2. The molecule has 2 aliphatic heterocycles. The summed E-state index contributed by atoms with van der Waals surface area (Å²) in [5, 5.41) is 5.58. The Balaban J connectivity index is 1.30. The molecule has 102 valence electrons. The summed E-state index contributed by atoms with van der Waals surface area (Å²) in [6.07, 6.45) is 6.96. The lowest BCUT2D eigenvalue weighted by Gasteiger charge is -2.28. The molecule has 18 heavy (non-hydrogen) atoms. The zero-order chi connectivity index (χ0) is 12.4. The van der Waals surface area contributed by atoms with Crippen molar-refractivity contribution >= 4 is 16.9 Å². The van der Waals surface area contributed by atoms with Gasteiger partial charge in [-0.15, -0.1) is 0 Å². The van der Waals surface area contributed by atoms with Gasteiger partial charge in [0.25, 0.3) is 0 Å². The van der Waals surface area contributed by atoms with Crippen LogP contribution >= 0.6 is 11.8 Å². The lowest BCUT2D eigenvalue weighted by molar-refractivity contribution is 0.213. The molecule has 4 heteroatoms. The van der Waals surface area contributed by atoms with Crippen LogP contribution in [0, 0.1) is 11.8 Å². The average molecular weight is 267 g/mol. The summed E-state index contributed by atoms with van der Waals surface area (Å²) in [5.74, 6) is 1.91. The van der Waals surface area contributed by atoms with E-state index in [1.54, 1.807) is 0 Å². The molecule has 2 heterocycles. The number of hydrogen-bond acceptors (Lipinski definition) is 4. The average Bonchev–Trinajstić information content (AvgIpc) is 3.12. The Bertz CT molecular complexity index is 306. The van der Waals surface area contributed by atoms with Gasteiger partial charge in [-0.05, 0) is 64.1 Å². The summed E-state index contributed by atoms with van der Waals surface area (Å²) in [6.45, 7) is 4.75. The second kappa shape index (κ2) is 5.83. The summed E-state index contributed by atoms with van der Waals surface area (Å²) in [4.78, 5) is 7.08. The highest BCUT2D eigenvalue weighted by molar-refractivity contribution is 8.14. The van der Waals surface area contributed by atoms with Crippen LogP contribution in [0.3, 0.4) is 0 Å². The third-order valence-electron chi connectivity index (χ3n) is 4.49. The zero-order valence-corrected chi connectivity index (χ0v) is 12.2.